The molecule has 0 heterocycles. The number of hydrogen-bond acceptors (Lipinski definition) is 5. The highest BCUT2D eigenvalue weighted by Crippen LogP contribution is 2.38. The van der Waals surface area contributed by atoms with Gasteiger partial charge >= 0.3 is 0 Å². The summed E-state index contributed by atoms with van der Waals surface area (Å²) in [6.45, 7) is 0.403. The molecule has 22 heavy (non-hydrogen) atoms. The van der Waals surface area contributed by atoms with Gasteiger partial charge in [0.2, 0.25) is 0 Å². The number of para-hydroxylation sites is 1. The topological polar surface area (TPSA) is 36.9 Å². The van der Waals surface area contributed by atoms with Crippen molar-refractivity contribution in [1.29, 1.82) is 0 Å². The zero-order valence-electron chi connectivity index (χ0n) is 13.0. The quantitative estimate of drug-likeness (QED) is 0.542. The minimum absolute atomic E-state index is 0.201. The molecule has 2 aromatic rings. The third kappa shape index (κ3) is 4.16. The van der Waals surface area contributed by atoms with Gasteiger partial charge in [-0.05, 0) is 30.5 Å². The van der Waals surface area contributed by atoms with Crippen molar-refractivity contribution in [2.45, 2.75) is 4.90 Å². The number of thioether (sulfide) groups is 1. The lowest BCUT2D eigenvalue weighted by atomic mass is 10.0. The molecule has 0 aliphatic carbocycles. The van der Waals surface area contributed by atoms with Gasteiger partial charge in [0.25, 0.3) is 0 Å². The molecular weight excluding hydrogens is 300 g/mol. The third-order valence-corrected chi connectivity index (χ3v) is 3.75. The molecule has 0 unspecified atom stereocenters. The van der Waals surface area contributed by atoms with Crippen molar-refractivity contribution in [3.8, 4) is 22.6 Å². The van der Waals surface area contributed by atoms with Crippen molar-refractivity contribution in [3.05, 3.63) is 42.5 Å². The van der Waals surface area contributed by atoms with Gasteiger partial charge in [0.05, 0.1) is 0 Å². The Labute approximate surface area is 135 Å². The predicted molar refractivity (Wildman–Crippen MR) is 88.7 cm³/mol. The molecule has 0 aliphatic heterocycles. The second-order valence-electron chi connectivity index (χ2n) is 4.46. The second kappa shape index (κ2) is 8.68. The molecule has 0 atom stereocenters. The van der Waals surface area contributed by atoms with Gasteiger partial charge in [-0.15, -0.1) is 11.8 Å². The summed E-state index contributed by atoms with van der Waals surface area (Å²) in [5.41, 5.74) is 1.93. The van der Waals surface area contributed by atoms with E-state index in [1.165, 1.54) is 0 Å². The number of methoxy groups -OCH3 is 2. The van der Waals surface area contributed by atoms with Crippen LogP contribution in [0.25, 0.3) is 11.1 Å². The fraction of sp³-hybridized carbons (Fsp3) is 0.294. The Balaban J connectivity index is 2.44. The normalized spacial score (nSPS) is 10.5. The standard InChI is InChI=1S/C17H20O4S/c1-18-11-20-16-7-5-4-6-14(16)15-10-13(22-3)8-9-17(15)21-12-19-2/h4-10H,11-12H2,1-3H3. The van der Waals surface area contributed by atoms with Gasteiger partial charge in [0.15, 0.2) is 13.6 Å². The average Bonchev–Trinajstić information content (AvgIpc) is 2.58. The molecular formula is C17H20O4S. The molecule has 0 saturated carbocycles. The van der Waals surface area contributed by atoms with Crippen LogP contribution in [0.5, 0.6) is 11.5 Å². The van der Waals surface area contributed by atoms with E-state index in [4.69, 9.17) is 18.9 Å². The average molecular weight is 320 g/mol. The van der Waals surface area contributed by atoms with E-state index in [0.29, 0.717) is 0 Å². The van der Waals surface area contributed by atoms with Gasteiger partial charge in [-0.3, -0.25) is 0 Å². The lowest BCUT2D eigenvalue weighted by Gasteiger charge is -2.15. The van der Waals surface area contributed by atoms with Gasteiger partial charge < -0.3 is 18.9 Å². The van der Waals surface area contributed by atoms with Crippen molar-refractivity contribution in [2.75, 3.05) is 34.1 Å². The monoisotopic (exact) mass is 320 g/mol. The first-order valence-electron chi connectivity index (χ1n) is 6.81. The first kappa shape index (κ1) is 16.7. The molecule has 0 spiro atoms. The molecule has 0 aromatic heterocycles. The van der Waals surface area contributed by atoms with E-state index >= 15 is 0 Å². The summed E-state index contributed by atoms with van der Waals surface area (Å²) in [7, 11) is 3.20. The Kier molecular flexibility index (Phi) is 6.58. The van der Waals surface area contributed by atoms with E-state index in [1.807, 2.05) is 42.7 Å². The van der Waals surface area contributed by atoms with Crippen LogP contribution in [0.4, 0.5) is 0 Å². The molecule has 0 aliphatic rings. The van der Waals surface area contributed by atoms with Crippen LogP contribution in [0.2, 0.25) is 0 Å². The molecule has 0 amide bonds. The fourth-order valence-corrected chi connectivity index (χ4v) is 2.47. The number of ether oxygens (including phenoxy) is 4. The zero-order valence-corrected chi connectivity index (χ0v) is 13.8. The van der Waals surface area contributed by atoms with Gasteiger partial charge in [-0.2, -0.15) is 0 Å². The predicted octanol–water partition coefficient (Wildman–Crippen LogP) is 4.04. The summed E-state index contributed by atoms with van der Waals surface area (Å²) < 4.78 is 21.3. The fourth-order valence-electron chi connectivity index (χ4n) is 2.03. The maximum absolute atomic E-state index is 5.68. The number of rotatable bonds is 8. The van der Waals surface area contributed by atoms with Gasteiger partial charge in [0, 0.05) is 30.2 Å². The Bertz CT molecular complexity index is 601. The van der Waals surface area contributed by atoms with Crippen LogP contribution in [-0.4, -0.2) is 34.1 Å². The van der Waals surface area contributed by atoms with Gasteiger partial charge in [-0.1, -0.05) is 18.2 Å². The zero-order chi connectivity index (χ0) is 15.8. The lowest BCUT2D eigenvalue weighted by molar-refractivity contribution is 0.0500. The summed E-state index contributed by atoms with van der Waals surface area (Å²) in [6, 6.07) is 13.9. The van der Waals surface area contributed by atoms with Crippen molar-refractivity contribution in [2.24, 2.45) is 0 Å². The maximum atomic E-state index is 5.68. The third-order valence-electron chi connectivity index (χ3n) is 3.03. The lowest BCUT2D eigenvalue weighted by Crippen LogP contribution is -2.02. The summed E-state index contributed by atoms with van der Waals surface area (Å²) in [5, 5.41) is 0. The largest absolute Gasteiger partial charge is 0.467 e. The molecule has 0 bridgehead atoms. The smallest absolute Gasteiger partial charge is 0.188 e. The van der Waals surface area contributed by atoms with E-state index in [-0.39, 0.29) is 13.6 Å². The van der Waals surface area contributed by atoms with Crippen LogP contribution >= 0.6 is 11.8 Å². The Morgan fingerprint density at radius 2 is 1.45 bits per heavy atom. The van der Waals surface area contributed by atoms with Crippen LogP contribution in [0.1, 0.15) is 0 Å². The molecule has 0 N–H and O–H groups in total. The number of hydrogen-bond donors (Lipinski definition) is 0. The molecule has 0 fully saturated rings. The van der Waals surface area contributed by atoms with Crippen LogP contribution in [0.3, 0.4) is 0 Å². The highest BCUT2D eigenvalue weighted by Gasteiger charge is 2.12. The van der Waals surface area contributed by atoms with E-state index in [9.17, 15) is 0 Å². The van der Waals surface area contributed by atoms with Crippen molar-refractivity contribution >= 4 is 11.8 Å². The molecule has 0 radical (unpaired) electrons. The van der Waals surface area contributed by atoms with E-state index in [1.54, 1.807) is 26.0 Å². The minimum atomic E-state index is 0.201. The van der Waals surface area contributed by atoms with Crippen LogP contribution in [0.15, 0.2) is 47.4 Å². The first-order valence-corrected chi connectivity index (χ1v) is 8.03. The summed E-state index contributed by atoms with van der Waals surface area (Å²) in [5.74, 6) is 1.51. The van der Waals surface area contributed by atoms with Crippen LogP contribution < -0.4 is 9.47 Å². The van der Waals surface area contributed by atoms with Gasteiger partial charge in [0.1, 0.15) is 11.5 Å². The molecule has 2 rings (SSSR count). The minimum Gasteiger partial charge on any atom is -0.467 e. The summed E-state index contributed by atoms with van der Waals surface area (Å²) in [6.07, 6.45) is 2.04. The highest BCUT2D eigenvalue weighted by molar-refractivity contribution is 7.98. The molecule has 5 heteroatoms. The van der Waals surface area contributed by atoms with E-state index in [2.05, 4.69) is 6.07 Å². The van der Waals surface area contributed by atoms with E-state index < -0.39 is 0 Å². The van der Waals surface area contributed by atoms with Crippen LogP contribution in [0, 0.1) is 0 Å². The van der Waals surface area contributed by atoms with Gasteiger partial charge in [-0.25, -0.2) is 0 Å². The first-order chi connectivity index (χ1) is 10.8. The summed E-state index contributed by atoms with van der Waals surface area (Å²) >= 11 is 1.68. The maximum Gasteiger partial charge on any atom is 0.188 e. The van der Waals surface area contributed by atoms with E-state index in [0.717, 1.165) is 27.5 Å². The molecule has 118 valence electrons. The Morgan fingerprint density at radius 1 is 0.818 bits per heavy atom. The molecule has 0 saturated heterocycles. The SMILES string of the molecule is COCOc1ccccc1-c1cc(SC)ccc1OCOC. The highest BCUT2D eigenvalue weighted by atomic mass is 32.2. The van der Waals surface area contributed by atoms with Crippen LogP contribution in [-0.2, 0) is 9.47 Å². The molecule has 2 aromatic carbocycles. The Morgan fingerprint density at radius 3 is 2.09 bits per heavy atom. The second-order valence-corrected chi connectivity index (χ2v) is 5.34. The van der Waals surface area contributed by atoms with Crippen molar-refractivity contribution in [1.82, 2.24) is 0 Å². The summed E-state index contributed by atoms with van der Waals surface area (Å²) in [4.78, 5) is 1.15. The molecule has 4 nitrogen and oxygen atoms in total. The number of benzene rings is 2. The van der Waals surface area contributed by atoms with Crippen molar-refractivity contribution in [3.63, 3.8) is 0 Å². The van der Waals surface area contributed by atoms with Crippen molar-refractivity contribution < 1.29 is 18.9 Å². The Hall–Kier alpha value is -1.69.